The molecule has 1 heterocycles. The molecule has 1 aliphatic carbocycles. The SMILES string of the molecule is CC(c1cccs1)N(C)C(=O)C1(C#N)CCC1. The van der Waals surface area contributed by atoms with Gasteiger partial charge in [0.05, 0.1) is 12.1 Å². The van der Waals surface area contributed by atoms with Gasteiger partial charge in [0.15, 0.2) is 0 Å². The minimum Gasteiger partial charge on any atom is -0.337 e. The van der Waals surface area contributed by atoms with E-state index in [1.807, 2.05) is 24.4 Å². The average molecular weight is 248 g/mol. The third-order valence-corrected chi connectivity index (χ3v) is 4.73. The number of hydrogen-bond donors (Lipinski definition) is 0. The van der Waals surface area contributed by atoms with Gasteiger partial charge < -0.3 is 4.90 Å². The highest BCUT2D eigenvalue weighted by Crippen LogP contribution is 2.43. The molecule has 4 heteroatoms. The van der Waals surface area contributed by atoms with Crippen molar-refractivity contribution in [3.05, 3.63) is 22.4 Å². The van der Waals surface area contributed by atoms with Crippen molar-refractivity contribution in [1.29, 1.82) is 5.26 Å². The average Bonchev–Trinajstić information content (AvgIpc) is 2.79. The Morgan fingerprint density at radius 1 is 1.65 bits per heavy atom. The van der Waals surface area contributed by atoms with Gasteiger partial charge in [-0.3, -0.25) is 4.79 Å². The lowest BCUT2D eigenvalue weighted by Gasteiger charge is -2.38. The Bertz CT molecular complexity index is 442. The van der Waals surface area contributed by atoms with Crippen molar-refractivity contribution in [3.8, 4) is 6.07 Å². The molecular formula is C13H16N2OS. The van der Waals surface area contributed by atoms with Crippen LogP contribution in [0.1, 0.15) is 37.1 Å². The second-order valence-corrected chi connectivity index (χ2v) is 5.63. The van der Waals surface area contributed by atoms with Crippen molar-refractivity contribution in [2.45, 2.75) is 32.2 Å². The molecule has 1 fully saturated rings. The molecule has 1 aromatic heterocycles. The summed E-state index contributed by atoms with van der Waals surface area (Å²) < 4.78 is 0. The monoisotopic (exact) mass is 248 g/mol. The van der Waals surface area contributed by atoms with Gasteiger partial charge in [0.1, 0.15) is 5.41 Å². The number of nitriles is 1. The first-order valence-corrected chi connectivity index (χ1v) is 6.70. The zero-order chi connectivity index (χ0) is 12.5. The Morgan fingerprint density at radius 3 is 2.76 bits per heavy atom. The van der Waals surface area contributed by atoms with Crippen molar-refractivity contribution in [2.24, 2.45) is 5.41 Å². The van der Waals surface area contributed by atoms with Crippen LogP contribution in [0.5, 0.6) is 0 Å². The van der Waals surface area contributed by atoms with Gasteiger partial charge in [-0.25, -0.2) is 0 Å². The van der Waals surface area contributed by atoms with Crippen molar-refractivity contribution in [1.82, 2.24) is 4.90 Å². The van der Waals surface area contributed by atoms with Crippen molar-refractivity contribution in [2.75, 3.05) is 7.05 Å². The van der Waals surface area contributed by atoms with Gasteiger partial charge in [0, 0.05) is 11.9 Å². The molecule has 0 saturated heterocycles. The summed E-state index contributed by atoms with van der Waals surface area (Å²) in [6, 6.07) is 6.27. The first kappa shape index (κ1) is 12.1. The minimum absolute atomic E-state index is 0.0212. The number of hydrogen-bond acceptors (Lipinski definition) is 3. The quantitative estimate of drug-likeness (QED) is 0.825. The maximum absolute atomic E-state index is 12.3. The molecule has 1 aliphatic rings. The highest BCUT2D eigenvalue weighted by molar-refractivity contribution is 7.10. The molecule has 0 bridgehead atoms. The molecule has 0 aliphatic heterocycles. The molecule has 1 saturated carbocycles. The van der Waals surface area contributed by atoms with Crippen LogP contribution in [0.3, 0.4) is 0 Å². The number of rotatable bonds is 3. The van der Waals surface area contributed by atoms with E-state index in [2.05, 4.69) is 6.07 Å². The van der Waals surface area contributed by atoms with Gasteiger partial charge in [0.25, 0.3) is 0 Å². The third-order valence-electron chi connectivity index (χ3n) is 3.69. The highest BCUT2D eigenvalue weighted by atomic mass is 32.1. The zero-order valence-corrected chi connectivity index (χ0v) is 11.0. The second-order valence-electron chi connectivity index (χ2n) is 4.65. The van der Waals surface area contributed by atoms with Crippen LogP contribution in [-0.4, -0.2) is 17.9 Å². The van der Waals surface area contributed by atoms with E-state index in [1.54, 1.807) is 23.3 Å². The van der Waals surface area contributed by atoms with Gasteiger partial charge in [0.2, 0.25) is 5.91 Å². The molecule has 3 nitrogen and oxygen atoms in total. The normalized spacial score (nSPS) is 18.9. The van der Waals surface area contributed by atoms with E-state index in [0.29, 0.717) is 12.8 Å². The molecular weight excluding hydrogens is 232 g/mol. The van der Waals surface area contributed by atoms with Gasteiger partial charge in [-0.05, 0) is 37.6 Å². The molecule has 17 heavy (non-hydrogen) atoms. The summed E-state index contributed by atoms with van der Waals surface area (Å²) in [7, 11) is 1.80. The lowest BCUT2D eigenvalue weighted by Crippen LogP contribution is -2.46. The smallest absolute Gasteiger partial charge is 0.243 e. The lowest BCUT2D eigenvalue weighted by atomic mass is 9.69. The molecule has 0 spiro atoms. The first-order valence-electron chi connectivity index (χ1n) is 5.83. The molecule has 0 aromatic carbocycles. The summed E-state index contributed by atoms with van der Waals surface area (Å²) in [5.41, 5.74) is -0.736. The fourth-order valence-electron chi connectivity index (χ4n) is 2.14. The summed E-state index contributed by atoms with van der Waals surface area (Å²) in [5.74, 6) is -0.0212. The minimum atomic E-state index is -0.736. The van der Waals surface area contributed by atoms with Gasteiger partial charge >= 0.3 is 0 Å². The summed E-state index contributed by atoms with van der Waals surface area (Å²) in [6.45, 7) is 2.01. The van der Waals surface area contributed by atoms with Gasteiger partial charge in [-0.1, -0.05) is 6.07 Å². The Labute approximate surface area is 106 Å². The molecule has 2 rings (SSSR count). The standard InChI is InChI=1S/C13H16N2OS/c1-10(11-5-3-8-17-11)15(2)12(16)13(9-14)6-4-7-13/h3,5,8,10H,4,6-7H2,1-2H3. The number of amides is 1. The number of thiophene rings is 1. The van der Waals surface area contributed by atoms with Gasteiger partial charge in [-0.2, -0.15) is 5.26 Å². The van der Waals surface area contributed by atoms with Crippen LogP contribution in [0.2, 0.25) is 0 Å². The fourth-order valence-corrected chi connectivity index (χ4v) is 2.96. The van der Waals surface area contributed by atoms with Crippen molar-refractivity contribution < 1.29 is 4.79 Å². The Morgan fingerprint density at radius 2 is 2.35 bits per heavy atom. The lowest BCUT2D eigenvalue weighted by molar-refractivity contribution is -0.143. The molecule has 0 N–H and O–H groups in total. The molecule has 1 atom stereocenters. The topological polar surface area (TPSA) is 44.1 Å². The Hall–Kier alpha value is -1.34. The third kappa shape index (κ3) is 1.96. The van der Waals surface area contributed by atoms with E-state index >= 15 is 0 Å². The van der Waals surface area contributed by atoms with Crippen molar-refractivity contribution in [3.63, 3.8) is 0 Å². The van der Waals surface area contributed by atoms with Crippen LogP contribution in [0.4, 0.5) is 0 Å². The molecule has 90 valence electrons. The van der Waals surface area contributed by atoms with E-state index < -0.39 is 5.41 Å². The Balaban J connectivity index is 2.13. The van der Waals surface area contributed by atoms with E-state index in [9.17, 15) is 10.1 Å². The molecule has 1 amide bonds. The first-order chi connectivity index (χ1) is 8.10. The second kappa shape index (κ2) is 4.50. The fraction of sp³-hybridized carbons (Fsp3) is 0.538. The van der Waals surface area contributed by atoms with Crippen LogP contribution in [0.15, 0.2) is 17.5 Å². The maximum atomic E-state index is 12.3. The Kier molecular flexibility index (Phi) is 3.21. The van der Waals surface area contributed by atoms with Crippen LogP contribution >= 0.6 is 11.3 Å². The van der Waals surface area contributed by atoms with E-state index in [0.717, 1.165) is 11.3 Å². The number of carbonyl (C=O) groups is 1. The largest absolute Gasteiger partial charge is 0.337 e. The zero-order valence-electron chi connectivity index (χ0n) is 10.1. The van der Waals surface area contributed by atoms with E-state index in [1.165, 1.54) is 0 Å². The predicted molar refractivity (Wildman–Crippen MR) is 67.4 cm³/mol. The molecule has 0 radical (unpaired) electrons. The molecule has 1 aromatic rings. The maximum Gasteiger partial charge on any atom is 0.243 e. The van der Waals surface area contributed by atoms with Crippen LogP contribution in [0.25, 0.3) is 0 Å². The van der Waals surface area contributed by atoms with Crippen LogP contribution in [-0.2, 0) is 4.79 Å². The summed E-state index contributed by atoms with van der Waals surface area (Å²) in [5, 5.41) is 11.2. The number of nitrogens with zero attached hydrogens (tertiary/aromatic N) is 2. The van der Waals surface area contributed by atoms with E-state index in [-0.39, 0.29) is 11.9 Å². The van der Waals surface area contributed by atoms with Crippen LogP contribution in [0, 0.1) is 16.7 Å². The number of carbonyl (C=O) groups excluding carboxylic acids is 1. The molecule has 1 unspecified atom stereocenters. The summed E-state index contributed by atoms with van der Waals surface area (Å²) >= 11 is 1.64. The summed E-state index contributed by atoms with van der Waals surface area (Å²) in [4.78, 5) is 15.2. The van der Waals surface area contributed by atoms with Gasteiger partial charge in [-0.15, -0.1) is 11.3 Å². The highest BCUT2D eigenvalue weighted by Gasteiger charge is 2.46. The van der Waals surface area contributed by atoms with Crippen molar-refractivity contribution >= 4 is 17.2 Å². The van der Waals surface area contributed by atoms with Crippen LogP contribution < -0.4 is 0 Å². The summed E-state index contributed by atoms with van der Waals surface area (Å²) in [6.07, 6.45) is 2.41. The predicted octanol–water partition coefficient (Wildman–Crippen LogP) is 2.96. The van der Waals surface area contributed by atoms with E-state index in [4.69, 9.17) is 0 Å².